The summed E-state index contributed by atoms with van der Waals surface area (Å²) in [6, 6.07) is 10.9. The minimum atomic E-state index is -4.63. The quantitative estimate of drug-likeness (QED) is 0.0617. The summed E-state index contributed by atoms with van der Waals surface area (Å²) in [5.41, 5.74) is 2.47. The maximum absolute atomic E-state index is 15.1. The van der Waals surface area contributed by atoms with Gasteiger partial charge in [-0.25, -0.2) is 14.4 Å². The Bertz CT molecular complexity index is 2430. The third kappa shape index (κ3) is 11.8. The number of anilines is 3. The topological polar surface area (TPSA) is 174 Å². The number of rotatable bonds is 18. The smallest absolute Gasteiger partial charge is 0.421 e. The first-order chi connectivity index (χ1) is 31.9. The van der Waals surface area contributed by atoms with Gasteiger partial charge in [-0.05, 0) is 94.5 Å². The molecule has 2 aromatic heterocycles. The van der Waals surface area contributed by atoms with Gasteiger partial charge in [-0.2, -0.15) is 29.9 Å². The maximum Gasteiger partial charge on any atom is 0.421 e. The number of ether oxygens (including phenoxy) is 1. The van der Waals surface area contributed by atoms with Crippen LogP contribution in [-0.2, 0) is 27.1 Å². The maximum atomic E-state index is 15.1. The summed E-state index contributed by atoms with van der Waals surface area (Å²) in [4.78, 5) is 73.4. The van der Waals surface area contributed by atoms with E-state index in [9.17, 15) is 32.3 Å². The van der Waals surface area contributed by atoms with Crippen LogP contribution in [0.25, 0.3) is 10.4 Å². The number of nitrogens with zero attached hydrogens (tertiary/aromatic N) is 6. The van der Waals surface area contributed by atoms with E-state index in [1.165, 1.54) is 30.8 Å². The van der Waals surface area contributed by atoms with Crippen molar-refractivity contribution >= 4 is 64.2 Å². The molecule has 2 saturated heterocycles. The van der Waals surface area contributed by atoms with Crippen LogP contribution < -0.4 is 26.0 Å². The third-order valence-corrected chi connectivity index (χ3v) is 14.8. The van der Waals surface area contributed by atoms with E-state index < -0.39 is 51.9 Å². The predicted molar refractivity (Wildman–Crippen MR) is 250 cm³/mol. The normalized spacial score (nSPS) is 17.7. The van der Waals surface area contributed by atoms with Gasteiger partial charge in [-0.15, -0.1) is 11.3 Å². The van der Waals surface area contributed by atoms with Crippen molar-refractivity contribution in [3.63, 3.8) is 0 Å². The fourth-order valence-electron chi connectivity index (χ4n) is 8.21. The van der Waals surface area contributed by atoms with E-state index in [1.807, 2.05) is 50.5 Å². The Morgan fingerprint density at radius 2 is 1.75 bits per heavy atom. The van der Waals surface area contributed by atoms with E-state index in [2.05, 4.69) is 41.1 Å². The number of methoxy groups -OCH3 is 1. The molecule has 0 spiro atoms. The molecule has 4 heterocycles. The van der Waals surface area contributed by atoms with Crippen LogP contribution >= 0.6 is 23.1 Å². The fourth-order valence-corrected chi connectivity index (χ4v) is 10.1. The van der Waals surface area contributed by atoms with Gasteiger partial charge < -0.3 is 35.8 Å². The van der Waals surface area contributed by atoms with Gasteiger partial charge in [-0.3, -0.25) is 24.1 Å². The lowest BCUT2D eigenvalue weighted by Gasteiger charge is -2.38. The number of hydrogen-bond donors (Lipinski definition) is 4. The Morgan fingerprint density at radius 1 is 1.01 bits per heavy atom. The molecule has 3 fully saturated rings. The molecule has 2 atom stereocenters. The number of aryl methyl sites for hydroxylation is 1. The number of benzene rings is 2. The zero-order chi connectivity index (χ0) is 48.1. The molecule has 2 aliphatic heterocycles. The molecule has 3 aliphatic rings. The highest BCUT2D eigenvalue weighted by atomic mass is 32.2. The molecule has 15 nitrogen and oxygen atoms in total. The van der Waals surface area contributed by atoms with E-state index in [-0.39, 0.29) is 42.9 Å². The molecule has 4 aromatic rings. The number of thiazole rings is 1. The monoisotopic (exact) mass is 968 g/mol. The van der Waals surface area contributed by atoms with Crippen LogP contribution in [0.15, 0.2) is 54.2 Å². The first-order valence-corrected chi connectivity index (χ1v) is 24.1. The Kier molecular flexibility index (Phi) is 15.3. The molecule has 2 aromatic carbocycles. The Labute approximate surface area is 395 Å². The van der Waals surface area contributed by atoms with E-state index in [0.717, 1.165) is 34.7 Å². The van der Waals surface area contributed by atoms with E-state index in [0.29, 0.717) is 68.8 Å². The lowest BCUT2D eigenvalue weighted by molar-refractivity contribution is -0.143. The van der Waals surface area contributed by atoms with Crippen LogP contribution in [0.2, 0.25) is 0 Å². The number of carbonyl (C=O) groups excluding carboxylic acids is 4. The molecule has 2 unspecified atom stereocenters. The average Bonchev–Trinajstić information content (AvgIpc) is 3.64. The Morgan fingerprint density at radius 3 is 2.39 bits per heavy atom. The Balaban J connectivity index is 0.898. The van der Waals surface area contributed by atoms with Crippen molar-refractivity contribution in [2.45, 2.75) is 88.1 Å². The number of aromatic nitrogens is 3. The first kappa shape index (κ1) is 49.4. The van der Waals surface area contributed by atoms with Gasteiger partial charge >= 0.3 is 6.18 Å². The summed E-state index contributed by atoms with van der Waals surface area (Å²) in [6.45, 7) is 9.25. The van der Waals surface area contributed by atoms with Gasteiger partial charge in [0, 0.05) is 62.8 Å². The van der Waals surface area contributed by atoms with Crippen molar-refractivity contribution in [3.05, 3.63) is 76.6 Å². The first-order valence-electron chi connectivity index (χ1n) is 22.2. The molecule has 4 N–H and O–H groups in total. The minimum absolute atomic E-state index is 0.0922. The summed E-state index contributed by atoms with van der Waals surface area (Å²) < 4.78 is 59.7. The lowest BCUT2D eigenvalue weighted by atomic mass is 10.00. The van der Waals surface area contributed by atoms with Crippen LogP contribution in [0.5, 0.6) is 5.75 Å². The van der Waals surface area contributed by atoms with Crippen molar-refractivity contribution in [2.24, 2.45) is 0 Å². The van der Waals surface area contributed by atoms with Crippen molar-refractivity contribution < 1.29 is 41.5 Å². The van der Waals surface area contributed by atoms with Gasteiger partial charge in [0.05, 0.1) is 28.9 Å². The summed E-state index contributed by atoms with van der Waals surface area (Å²) >= 11 is 3.08. The highest BCUT2D eigenvalue weighted by Gasteiger charge is 2.53. The van der Waals surface area contributed by atoms with E-state index >= 15 is 4.39 Å². The largest absolute Gasteiger partial charge is 0.495 e. The van der Waals surface area contributed by atoms with Crippen molar-refractivity contribution in [1.82, 2.24) is 40.3 Å². The van der Waals surface area contributed by atoms with Crippen molar-refractivity contribution in [2.75, 3.05) is 69.8 Å². The number of piperazine rings is 1. The Hall–Kier alpha value is -5.54. The van der Waals surface area contributed by atoms with Crippen LogP contribution in [0, 0.1) is 6.92 Å². The van der Waals surface area contributed by atoms with E-state index in [1.54, 1.807) is 34.4 Å². The molecule has 0 bridgehead atoms. The minimum Gasteiger partial charge on any atom is -0.495 e. The fraction of sp³-hybridized carbons (Fsp3) is 0.500. The number of halogens is 4. The van der Waals surface area contributed by atoms with Gasteiger partial charge in [0.1, 0.15) is 29.2 Å². The van der Waals surface area contributed by atoms with Gasteiger partial charge in [0.25, 0.3) is 11.8 Å². The number of carbonyl (C=O) groups is 4. The standard InChI is InChI=1S/C46H56F4N10O5S2/c1-28-36(66-27-54-28)30-11-9-29(10-12-30)25-52-39(61)34-8-6-18-60(34)41(63)37(56-42(64)45(47)15-16-45)44(2,3)67-23-7-17-58-19-21-59(22-20-58)40(62)31-13-14-33(35(24-31)65-5)55-43-53-26-32(46(48,49)50)38(51-4)57-43/h9-14,24,26-27,34,37H,6-8,15-23,25H2,1-5H3,(H,52,61)(H,56,64)(H2,51,53,55,57). The second-order valence-electron chi connectivity index (χ2n) is 17.4. The van der Waals surface area contributed by atoms with Crippen LogP contribution in [-0.4, -0.2) is 135 Å². The van der Waals surface area contributed by atoms with Crippen LogP contribution in [0.3, 0.4) is 0 Å². The number of alkyl halides is 4. The van der Waals surface area contributed by atoms with Crippen LogP contribution in [0.1, 0.15) is 73.1 Å². The molecular formula is C46H56F4N10O5S2. The number of likely N-dealkylation sites (tertiary alicyclic amines) is 1. The molecule has 4 amide bonds. The highest BCUT2D eigenvalue weighted by molar-refractivity contribution is 8.00. The van der Waals surface area contributed by atoms with Gasteiger partial charge in [0.15, 0.2) is 5.67 Å². The molecule has 21 heteroatoms. The van der Waals surface area contributed by atoms with E-state index in [4.69, 9.17) is 4.74 Å². The molecule has 1 aliphatic carbocycles. The molecule has 360 valence electrons. The second kappa shape index (κ2) is 20.8. The molecule has 0 radical (unpaired) electrons. The second-order valence-corrected chi connectivity index (χ2v) is 20.0. The number of amides is 4. The SMILES string of the molecule is CNc1nc(Nc2ccc(C(=O)N3CCN(CCCSC(C)(C)C(NC(=O)C4(F)CC4)C(=O)N4CCCC4C(=O)NCc4ccc(-c5scnc5C)cc4)CC3)cc2OC)ncc1C(F)(F)F. The zero-order valence-corrected chi connectivity index (χ0v) is 39.7. The van der Waals surface area contributed by atoms with Crippen molar-refractivity contribution in [3.8, 4) is 16.2 Å². The van der Waals surface area contributed by atoms with Crippen molar-refractivity contribution in [1.29, 1.82) is 0 Å². The summed E-state index contributed by atoms with van der Waals surface area (Å²) in [7, 11) is 2.75. The molecular weight excluding hydrogens is 913 g/mol. The highest BCUT2D eigenvalue weighted by Crippen LogP contribution is 2.41. The summed E-state index contributed by atoms with van der Waals surface area (Å²) in [6.07, 6.45) is -1.90. The number of nitrogens with one attached hydrogen (secondary N) is 4. The van der Waals surface area contributed by atoms with Gasteiger partial charge in [0.2, 0.25) is 17.8 Å². The summed E-state index contributed by atoms with van der Waals surface area (Å²) in [5.74, 6) is -1.26. The number of thioether (sulfide) groups is 1. The number of hydrogen-bond acceptors (Lipinski definition) is 13. The zero-order valence-electron chi connectivity index (χ0n) is 38.1. The lowest BCUT2D eigenvalue weighted by Crippen LogP contribution is -2.61. The average molecular weight is 969 g/mol. The molecule has 67 heavy (non-hydrogen) atoms. The van der Waals surface area contributed by atoms with Gasteiger partial charge in [-0.1, -0.05) is 24.3 Å². The molecule has 1 saturated carbocycles. The third-order valence-electron chi connectivity index (χ3n) is 12.4. The summed E-state index contributed by atoms with van der Waals surface area (Å²) in [5, 5.41) is 11.1. The molecule has 7 rings (SSSR count). The predicted octanol–water partition coefficient (Wildman–Crippen LogP) is 6.68. The van der Waals surface area contributed by atoms with Crippen LogP contribution in [0.4, 0.5) is 35.0 Å².